The lowest BCUT2D eigenvalue weighted by atomic mass is 10.1. The Hall–Kier alpha value is -7.36. The molecule has 0 atom stereocenters. The summed E-state index contributed by atoms with van der Waals surface area (Å²) in [6.45, 7) is 0. The summed E-state index contributed by atoms with van der Waals surface area (Å²) in [5.74, 6) is -1.68. The van der Waals surface area contributed by atoms with Crippen LogP contribution in [0.3, 0.4) is 0 Å². The lowest BCUT2D eigenvalue weighted by Crippen LogP contribution is -2.30. The highest BCUT2D eigenvalue weighted by Gasteiger charge is 2.39. The van der Waals surface area contributed by atoms with Gasteiger partial charge in [-0.3, -0.25) is 39.4 Å². The number of fused-ring (bicyclic) bond motifs is 2. The van der Waals surface area contributed by atoms with Crippen molar-refractivity contribution in [2.45, 2.75) is 0 Å². The van der Waals surface area contributed by atoms with Gasteiger partial charge in [-0.05, 0) is 60.7 Å². The van der Waals surface area contributed by atoms with Gasteiger partial charge in [0.05, 0.1) is 32.1 Å². The Morgan fingerprint density at radius 1 is 0.500 bits per heavy atom. The van der Waals surface area contributed by atoms with E-state index in [1.807, 2.05) is 0 Å². The highest BCUT2D eigenvalue weighted by Crippen LogP contribution is 2.35. The molecule has 2 aliphatic heterocycles. The molecule has 0 saturated carbocycles. The third-order valence-electron chi connectivity index (χ3n) is 7.34. The van der Waals surface area contributed by atoms with E-state index in [9.17, 15) is 39.4 Å². The topological polar surface area (TPSA) is 205 Å². The van der Waals surface area contributed by atoms with Crippen LogP contribution in [0.2, 0.25) is 0 Å². The van der Waals surface area contributed by atoms with E-state index in [1.165, 1.54) is 48.5 Å². The van der Waals surface area contributed by atoms with E-state index < -0.39 is 33.5 Å². The number of aromatic nitrogens is 2. The Morgan fingerprint density at radius 3 is 1.27 bits per heavy atom. The van der Waals surface area contributed by atoms with Crippen LogP contribution in [-0.4, -0.2) is 43.4 Å². The maximum Gasteiger partial charge on any atom is 0.287 e. The molecule has 234 valence electrons. The molecule has 0 N–H and O–H groups in total. The van der Waals surface area contributed by atoms with E-state index in [2.05, 4.69) is 9.97 Å². The van der Waals surface area contributed by atoms with Gasteiger partial charge in [-0.15, -0.1) is 0 Å². The van der Waals surface area contributed by atoms with Crippen LogP contribution in [0.15, 0.2) is 97.3 Å². The van der Waals surface area contributed by atoms with E-state index in [0.29, 0.717) is 11.5 Å². The van der Waals surface area contributed by atoms with Crippen LogP contribution in [0.4, 0.5) is 23.0 Å². The zero-order valence-corrected chi connectivity index (χ0v) is 24.0. The van der Waals surface area contributed by atoms with Crippen molar-refractivity contribution in [2.75, 3.05) is 9.80 Å². The molecule has 16 heteroatoms. The molecule has 3 aromatic carbocycles. The van der Waals surface area contributed by atoms with Crippen LogP contribution in [0.5, 0.6) is 23.0 Å². The normalized spacial score (nSPS) is 13.4. The molecule has 2 aromatic heterocycles. The number of pyridine rings is 2. The number of imide groups is 2. The van der Waals surface area contributed by atoms with Gasteiger partial charge in [0.25, 0.3) is 35.0 Å². The second-order valence-corrected chi connectivity index (χ2v) is 10.2. The Kier molecular flexibility index (Phi) is 6.86. The number of amides is 4. The summed E-state index contributed by atoms with van der Waals surface area (Å²) in [6, 6.07) is 19.8. The van der Waals surface area contributed by atoms with Crippen molar-refractivity contribution in [3.63, 3.8) is 0 Å². The van der Waals surface area contributed by atoms with Crippen LogP contribution < -0.4 is 19.3 Å². The molecule has 16 nitrogen and oxygen atoms in total. The Morgan fingerprint density at radius 2 is 0.896 bits per heavy atom. The molecule has 0 saturated heterocycles. The summed E-state index contributed by atoms with van der Waals surface area (Å²) in [5, 5.41) is 21.9. The molecule has 5 aromatic rings. The molecule has 4 heterocycles. The van der Waals surface area contributed by atoms with Gasteiger partial charge in [0.1, 0.15) is 47.0 Å². The lowest BCUT2D eigenvalue weighted by molar-refractivity contribution is -0.385. The van der Waals surface area contributed by atoms with Gasteiger partial charge in [0.15, 0.2) is 0 Å². The van der Waals surface area contributed by atoms with Crippen molar-refractivity contribution in [2.24, 2.45) is 0 Å². The number of rotatable bonds is 8. The number of carbonyl (C=O) groups excluding carboxylic acids is 4. The number of nitro groups is 2. The summed E-state index contributed by atoms with van der Waals surface area (Å²) in [4.78, 5) is 82.2. The number of ether oxygens (including phenoxy) is 2. The molecular formula is C32H16N6O10. The van der Waals surface area contributed by atoms with Gasteiger partial charge in [-0.2, -0.15) is 0 Å². The summed E-state index contributed by atoms with van der Waals surface area (Å²) >= 11 is 0. The minimum Gasteiger partial charge on any atom is -0.457 e. The first-order valence-corrected chi connectivity index (χ1v) is 13.8. The Labute approximate surface area is 267 Å². The molecule has 0 radical (unpaired) electrons. The van der Waals surface area contributed by atoms with Crippen molar-refractivity contribution in [1.82, 2.24) is 9.97 Å². The van der Waals surface area contributed by atoms with E-state index in [0.717, 1.165) is 34.3 Å². The van der Waals surface area contributed by atoms with E-state index in [4.69, 9.17) is 9.47 Å². The minimum absolute atomic E-state index is 0.0559. The number of nitrogens with zero attached hydrogens (tertiary/aromatic N) is 6. The van der Waals surface area contributed by atoms with Gasteiger partial charge in [0, 0.05) is 18.2 Å². The van der Waals surface area contributed by atoms with Crippen LogP contribution >= 0.6 is 0 Å². The monoisotopic (exact) mass is 644 g/mol. The van der Waals surface area contributed by atoms with Crippen LogP contribution in [0, 0.1) is 20.2 Å². The zero-order chi connectivity index (χ0) is 33.7. The van der Waals surface area contributed by atoms with Crippen molar-refractivity contribution < 1.29 is 38.5 Å². The highest BCUT2D eigenvalue weighted by molar-refractivity contribution is 6.35. The smallest absolute Gasteiger partial charge is 0.287 e. The molecule has 2 aliphatic rings. The van der Waals surface area contributed by atoms with Gasteiger partial charge in [-0.1, -0.05) is 6.07 Å². The van der Waals surface area contributed by atoms with E-state index >= 15 is 0 Å². The van der Waals surface area contributed by atoms with Gasteiger partial charge >= 0.3 is 0 Å². The van der Waals surface area contributed by atoms with Crippen LogP contribution in [0.1, 0.15) is 41.4 Å². The predicted octanol–water partition coefficient (Wildman–Crippen LogP) is 5.48. The second kappa shape index (κ2) is 11.2. The van der Waals surface area contributed by atoms with E-state index in [1.54, 1.807) is 24.3 Å². The SMILES string of the molecule is O=C1c2ccc(Oc3cccc(Oc4ccc5c(c4)C(=O)N(c4ccc([N+](=O)[O-])cn4)C5=O)c3)cc2C(=O)N1c1ccc([N+](=O)[O-])cn1. The summed E-state index contributed by atoms with van der Waals surface area (Å²) in [5.41, 5.74) is -0.253. The third kappa shape index (κ3) is 5.00. The highest BCUT2D eigenvalue weighted by atomic mass is 16.6. The van der Waals surface area contributed by atoms with Crippen LogP contribution in [0.25, 0.3) is 0 Å². The van der Waals surface area contributed by atoms with Crippen molar-refractivity contribution in [1.29, 1.82) is 0 Å². The van der Waals surface area contributed by atoms with Gasteiger partial charge in [0.2, 0.25) is 0 Å². The minimum atomic E-state index is -0.675. The summed E-state index contributed by atoms with van der Waals surface area (Å²) in [7, 11) is 0. The molecule has 0 unspecified atom stereocenters. The molecule has 0 fully saturated rings. The quantitative estimate of drug-likeness (QED) is 0.117. The fraction of sp³-hybridized carbons (Fsp3) is 0. The zero-order valence-electron chi connectivity index (χ0n) is 24.0. The molecule has 0 bridgehead atoms. The summed E-state index contributed by atoms with van der Waals surface area (Å²) < 4.78 is 11.9. The number of anilines is 2. The molecule has 48 heavy (non-hydrogen) atoms. The van der Waals surface area contributed by atoms with Crippen molar-refractivity contribution in [3.8, 4) is 23.0 Å². The molecule has 7 rings (SSSR count). The first-order valence-electron chi connectivity index (χ1n) is 13.8. The predicted molar refractivity (Wildman–Crippen MR) is 164 cm³/mol. The number of hydrogen-bond donors (Lipinski definition) is 0. The second-order valence-electron chi connectivity index (χ2n) is 10.2. The van der Waals surface area contributed by atoms with Crippen molar-refractivity contribution in [3.05, 3.63) is 140 Å². The standard InChI is InChI=1S/C32H16N6O10/c39-29-23-8-6-21(13-25(23)31(41)35(29)27-10-4-17(15-33-27)37(43)44)47-19-2-1-3-20(12-19)48-22-7-9-24-26(14-22)32(42)36(30(24)40)28-11-5-18(16-34-28)38(45)46/h1-16H. The average Bonchev–Trinajstić information content (AvgIpc) is 3.48. The van der Waals surface area contributed by atoms with Gasteiger partial charge < -0.3 is 9.47 Å². The largest absolute Gasteiger partial charge is 0.457 e. The fourth-order valence-electron chi connectivity index (χ4n) is 5.09. The average molecular weight is 645 g/mol. The molecule has 0 aliphatic carbocycles. The first-order chi connectivity index (χ1) is 23.1. The van der Waals surface area contributed by atoms with Crippen LogP contribution in [-0.2, 0) is 0 Å². The molecule has 0 spiro atoms. The molecule has 4 amide bonds. The maximum atomic E-state index is 13.1. The summed E-state index contributed by atoms with van der Waals surface area (Å²) in [6.07, 6.45) is 1.91. The Balaban J connectivity index is 1.07. The molecular weight excluding hydrogens is 628 g/mol. The maximum absolute atomic E-state index is 13.1. The number of carbonyl (C=O) groups is 4. The third-order valence-corrected chi connectivity index (χ3v) is 7.34. The number of benzene rings is 3. The Bertz CT molecular complexity index is 2080. The number of hydrogen-bond acceptors (Lipinski definition) is 12. The fourth-order valence-corrected chi connectivity index (χ4v) is 5.09. The van der Waals surface area contributed by atoms with Gasteiger partial charge in [-0.25, -0.2) is 19.8 Å². The first kappa shape index (κ1) is 29.4. The van der Waals surface area contributed by atoms with E-state index in [-0.39, 0.29) is 56.8 Å². The van der Waals surface area contributed by atoms with Crippen molar-refractivity contribution >= 4 is 46.6 Å². The lowest BCUT2D eigenvalue weighted by Gasteiger charge is -2.11.